The number of hydrogen-bond acceptors (Lipinski definition) is 9. The number of carbonyl (C=O) groups excluding carboxylic acids is 3. The van der Waals surface area contributed by atoms with Gasteiger partial charge in [-0.25, -0.2) is 14.0 Å². The third kappa shape index (κ3) is 23.0. The molecular formula is C77H77Cl3F9N11O4. The van der Waals surface area contributed by atoms with Gasteiger partial charge in [-0.05, 0) is 222 Å². The molecule has 0 saturated heterocycles. The van der Waals surface area contributed by atoms with Crippen molar-refractivity contribution in [2.75, 3.05) is 13.2 Å². The molecule has 0 bridgehead atoms. The molecule has 0 spiro atoms. The molecule has 5 N–H and O–H groups in total. The van der Waals surface area contributed by atoms with Crippen molar-refractivity contribution in [1.29, 1.82) is 0 Å². The van der Waals surface area contributed by atoms with E-state index in [4.69, 9.17) is 39.9 Å². The molecule has 10 aromatic rings. The lowest BCUT2D eigenvalue weighted by Gasteiger charge is -2.21. The van der Waals surface area contributed by atoms with Crippen molar-refractivity contribution >= 4 is 52.5 Å². The molecule has 0 unspecified atom stereocenters. The van der Waals surface area contributed by atoms with Crippen LogP contribution < -0.4 is 21.3 Å². The van der Waals surface area contributed by atoms with Crippen LogP contribution in [0.1, 0.15) is 169 Å². The highest BCUT2D eigenvalue weighted by molar-refractivity contribution is 6.31. The van der Waals surface area contributed by atoms with E-state index in [0.717, 1.165) is 91.4 Å². The normalized spacial score (nSPS) is 12.4. The zero-order valence-electron chi connectivity index (χ0n) is 56.9. The maximum Gasteiger partial charge on any atom is 0.416 e. The monoisotopic (exact) mass is 1500 g/mol. The zero-order chi connectivity index (χ0) is 75.1. The first-order valence-corrected chi connectivity index (χ1v) is 34.4. The summed E-state index contributed by atoms with van der Waals surface area (Å²) in [6.07, 6.45) is 2.45. The number of rotatable bonds is 28. The number of nitrogens with one attached hydrogen (secondary N) is 4. The van der Waals surface area contributed by atoms with E-state index >= 15 is 0 Å². The molecule has 27 heteroatoms. The van der Waals surface area contributed by atoms with Gasteiger partial charge in [0.05, 0.1) is 104 Å². The lowest BCUT2D eigenvalue weighted by molar-refractivity contribution is -0.138. The summed E-state index contributed by atoms with van der Waals surface area (Å²) in [4.78, 5) is 43.4. The molecule has 15 nitrogen and oxygen atoms in total. The summed E-state index contributed by atoms with van der Waals surface area (Å²) in [5.41, 5.74) is 5.11. The molecular weight excluding hydrogens is 1420 g/mol. The number of amides is 3. The van der Waals surface area contributed by atoms with Crippen LogP contribution >= 0.6 is 34.8 Å². The number of carbonyl (C=O) groups is 3. The van der Waals surface area contributed by atoms with Crippen molar-refractivity contribution in [3.05, 3.63) is 289 Å². The van der Waals surface area contributed by atoms with Crippen LogP contribution in [0.3, 0.4) is 0 Å². The number of hydrogen-bond donors (Lipinski definition) is 5. The van der Waals surface area contributed by atoms with Crippen LogP contribution in [0.4, 0.5) is 39.5 Å². The molecule has 3 amide bonds. The molecule has 0 aliphatic rings. The SMILES string of the molecule is C=CCCC[C@H](NC(=O)c1cnn(-c2ccc(Cl)cc2)c1C)c1cccc(C(F)(F)F)c1.Cc1c(C(=O)N[C@@H](CCCCCNCc2ccncc2)c2cccc(C(F)(F)F)c2)cnn1-c1ccc(Cl)cc1.Cc1c(C(=O)N[C@@H](CCCCO)c2cccc(C(F)(F)F)c2)cnn1-c1ccc(Cl)cc1. The second-order valence-corrected chi connectivity index (χ2v) is 25.7. The lowest BCUT2D eigenvalue weighted by Crippen LogP contribution is -2.29. The van der Waals surface area contributed by atoms with Crippen molar-refractivity contribution in [3.8, 4) is 17.1 Å². The van der Waals surface area contributed by atoms with Gasteiger partial charge in [-0.1, -0.05) is 90.1 Å². The number of allylic oxidation sites excluding steroid dienone is 1. The van der Waals surface area contributed by atoms with Gasteiger partial charge in [-0.2, -0.15) is 54.8 Å². The third-order valence-electron chi connectivity index (χ3n) is 17.0. The summed E-state index contributed by atoms with van der Waals surface area (Å²) in [5.74, 6) is -1.23. The van der Waals surface area contributed by atoms with Crippen LogP contribution in [0.2, 0.25) is 15.1 Å². The molecule has 548 valence electrons. The Hall–Kier alpha value is -9.59. The van der Waals surface area contributed by atoms with Gasteiger partial charge in [0.15, 0.2) is 0 Å². The van der Waals surface area contributed by atoms with E-state index in [2.05, 4.69) is 48.1 Å². The number of pyridine rings is 1. The van der Waals surface area contributed by atoms with Gasteiger partial charge in [0, 0.05) is 40.6 Å². The number of nitrogens with zero attached hydrogens (tertiary/aromatic N) is 7. The fraction of sp³-hybridized carbons (Fsp3) is 0.286. The van der Waals surface area contributed by atoms with Crippen LogP contribution in [0.15, 0.2) is 201 Å². The van der Waals surface area contributed by atoms with E-state index in [1.165, 1.54) is 36.8 Å². The van der Waals surface area contributed by atoms with Crippen molar-refractivity contribution in [3.63, 3.8) is 0 Å². The predicted molar refractivity (Wildman–Crippen MR) is 384 cm³/mol. The molecule has 3 atom stereocenters. The standard InChI is InChI=1S/C30H31ClF3N5O.C24H23ClF3N3O.C23H23ClF3N3O2/c1-21-27(20-37-39(21)26-11-9-25(31)10-12-26)29(40)38-28(23-6-5-7-24(18-23)30(32,33)34)8-3-2-4-15-36-19-22-13-16-35-17-14-22;1-3-4-5-9-22(17-7-6-8-18(14-17)24(26,27)28)30-23(32)21-15-29-31(16(21)2)20-12-10-19(25)11-13-20;1-15-20(14-28-30(15)19-10-8-18(24)9-11-19)22(32)29-21(7-2-3-12-31)16-5-4-6-17(13-16)23(25,26)27/h5-7,9-14,16-18,20,28,36H,2-4,8,15,19H2,1H3,(H,38,40);3,6-8,10-15,22H,1,4-5,9H2,2H3,(H,30,32);4-6,8-11,13-14,21,31H,2-3,7,12H2,1H3,(H,29,32)/t28-;22-;21-/m000/s1. The number of benzene rings is 6. The van der Waals surface area contributed by atoms with Gasteiger partial charge in [-0.15, -0.1) is 6.58 Å². The Balaban J connectivity index is 0.000000199. The first-order chi connectivity index (χ1) is 49.6. The Bertz CT molecular complexity index is 4430. The molecule has 104 heavy (non-hydrogen) atoms. The van der Waals surface area contributed by atoms with Crippen molar-refractivity contribution in [1.82, 2.24) is 55.6 Å². The van der Waals surface area contributed by atoms with E-state index in [-0.39, 0.29) is 12.5 Å². The number of unbranched alkanes of at least 4 members (excludes halogenated alkanes) is 4. The second-order valence-electron chi connectivity index (χ2n) is 24.4. The number of halogens is 12. The maximum absolute atomic E-state index is 13.4. The smallest absolute Gasteiger partial charge is 0.396 e. The third-order valence-corrected chi connectivity index (χ3v) is 17.7. The maximum atomic E-state index is 13.4. The predicted octanol–water partition coefficient (Wildman–Crippen LogP) is 19.2. The van der Waals surface area contributed by atoms with Crippen LogP contribution in [-0.4, -0.2) is 70.3 Å². The van der Waals surface area contributed by atoms with Gasteiger partial charge in [0.1, 0.15) is 0 Å². The Labute approximate surface area is 611 Å². The lowest BCUT2D eigenvalue weighted by atomic mass is 9.98. The van der Waals surface area contributed by atoms with Gasteiger partial charge in [0.2, 0.25) is 0 Å². The Kier molecular flexibility index (Phi) is 29.1. The molecule has 4 aromatic heterocycles. The molecule has 0 saturated carbocycles. The average molecular weight is 1500 g/mol. The van der Waals surface area contributed by atoms with Crippen molar-refractivity contribution < 1.29 is 59.0 Å². The molecule has 0 aliphatic heterocycles. The van der Waals surface area contributed by atoms with E-state index in [9.17, 15) is 53.9 Å². The highest BCUT2D eigenvalue weighted by Crippen LogP contribution is 2.36. The van der Waals surface area contributed by atoms with Gasteiger partial charge in [-0.3, -0.25) is 19.4 Å². The number of alkyl halides is 9. The van der Waals surface area contributed by atoms with Crippen LogP contribution in [0, 0.1) is 20.8 Å². The van der Waals surface area contributed by atoms with Crippen LogP contribution in [0.5, 0.6) is 0 Å². The average Bonchev–Trinajstić information content (AvgIpc) is 1.27. The topological polar surface area (TPSA) is 186 Å². The van der Waals surface area contributed by atoms with Crippen LogP contribution in [0.25, 0.3) is 17.1 Å². The zero-order valence-corrected chi connectivity index (χ0v) is 59.2. The molecule has 0 fully saturated rings. The molecule has 0 aliphatic carbocycles. The van der Waals surface area contributed by atoms with Crippen molar-refractivity contribution in [2.24, 2.45) is 0 Å². The molecule has 4 heterocycles. The van der Waals surface area contributed by atoms with E-state index in [0.29, 0.717) is 110 Å². The summed E-state index contributed by atoms with van der Waals surface area (Å²) in [6.45, 7) is 10.5. The second kappa shape index (κ2) is 37.7. The summed E-state index contributed by atoms with van der Waals surface area (Å²) in [6, 6.07) is 38.3. The summed E-state index contributed by atoms with van der Waals surface area (Å²) < 4.78 is 124. The Morgan fingerprint density at radius 2 is 0.808 bits per heavy atom. The van der Waals surface area contributed by atoms with E-state index in [1.54, 1.807) is 144 Å². The van der Waals surface area contributed by atoms with E-state index < -0.39 is 65.2 Å². The number of aliphatic hydroxyl groups is 1. The highest BCUT2D eigenvalue weighted by atomic mass is 35.5. The van der Waals surface area contributed by atoms with E-state index in [1.807, 2.05) is 12.1 Å². The summed E-state index contributed by atoms with van der Waals surface area (Å²) >= 11 is 17.8. The summed E-state index contributed by atoms with van der Waals surface area (Å²) in [7, 11) is 0. The van der Waals surface area contributed by atoms with Gasteiger partial charge < -0.3 is 26.4 Å². The molecule has 0 radical (unpaired) electrons. The largest absolute Gasteiger partial charge is 0.416 e. The summed E-state index contributed by atoms with van der Waals surface area (Å²) in [5, 5.41) is 35.8. The minimum Gasteiger partial charge on any atom is -0.396 e. The Morgan fingerprint density at radius 3 is 1.13 bits per heavy atom. The van der Waals surface area contributed by atoms with Crippen molar-refractivity contribution in [2.45, 2.75) is 128 Å². The highest BCUT2D eigenvalue weighted by Gasteiger charge is 2.34. The Morgan fingerprint density at radius 1 is 0.471 bits per heavy atom. The fourth-order valence-electron chi connectivity index (χ4n) is 11.3. The van der Waals surface area contributed by atoms with Gasteiger partial charge >= 0.3 is 18.5 Å². The molecule has 6 aromatic carbocycles. The first kappa shape index (κ1) is 80.1. The minimum absolute atomic E-state index is 0.0315. The first-order valence-electron chi connectivity index (χ1n) is 33.3. The van der Waals surface area contributed by atoms with Gasteiger partial charge in [0.25, 0.3) is 17.7 Å². The van der Waals surface area contributed by atoms with Crippen LogP contribution in [-0.2, 0) is 25.1 Å². The quantitative estimate of drug-likeness (QED) is 0.0181. The number of aliphatic hydroxyl groups excluding tert-OH is 1. The minimum atomic E-state index is -4.48. The molecule has 10 rings (SSSR count). The fourth-order valence-corrected chi connectivity index (χ4v) is 11.7. The number of aromatic nitrogens is 7.